The van der Waals surface area contributed by atoms with Gasteiger partial charge in [0.25, 0.3) is 0 Å². The SMILES string of the molecule is CC1NC(Cl)=C([N+](=O)[O-])C(=N)N1C. The Balaban J connectivity index is 3.11. The van der Waals surface area contributed by atoms with Crippen molar-refractivity contribution in [1.82, 2.24) is 10.2 Å². The predicted octanol–water partition coefficient (Wildman–Crippen LogP) is 0.529. The van der Waals surface area contributed by atoms with Gasteiger partial charge < -0.3 is 10.2 Å². The van der Waals surface area contributed by atoms with E-state index in [1.165, 1.54) is 4.90 Å². The molecular weight excluding hydrogens is 196 g/mol. The molecule has 1 heterocycles. The first-order valence-electron chi connectivity index (χ1n) is 3.57. The quantitative estimate of drug-likeness (QED) is 0.371. The van der Waals surface area contributed by atoms with Gasteiger partial charge >= 0.3 is 5.70 Å². The zero-order valence-corrected chi connectivity index (χ0v) is 7.92. The molecule has 1 aliphatic heterocycles. The molecule has 0 saturated heterocycles. The third kappa shape index (κ3) is 1.57. The lowest BCUT2D eigenvalue weighted by Gasteiger charge is -2.30. The average molecular weight is 205 g/mol. The van der Waals surface area contributed by atoms with E-state index in [0.717, 1.165) is 0 Å². The number of nitro groups is 1. The Morgan fingerprint density at radius 3 is 2.77 bits per heavy atom. The van der Waals surface area contributed by atoms with Crippen LogP contribution in [0.3, 0.4) is 0 Å². The minimum Gasteiger partial charge on any atom is -0.350 e. The molecule has 1 rings (SSSR count). The minimum atomic E-state index is -0.667. The van der Waals surface area contributed by atoms with Gasteiger partial charge in [-0.15, -0.1) is 0 Å². The van der Waals surface area contributed by atoms with Crippen molar-refractivity contribution in [2.24, 2.45) is 0 Å². The summed E-state index contributed by atoms with van der Waals surface area (Å²) in [5.41, 5.74) is -0.387. The molecule has 1 unspecified atom stereocenters. The number of nitrogens with one attached hydrogen (secondary N) is 2. The van der Waals surface area contributed by atoms with E-state index in [2.05, 4.69) is 5.32 Å². The number of likely N-dealkylation sites (N-methyl/N-ethyl adjacent to an activating group) is 1. The summed E-state index contributed by atoms with van der Waals surface area (Å²) >= 11 is 5.59. The smallest absolute Gasteiger partial charge is 0.345 e. The highest BCUT2D eigenvalue weighted by molar-refractivity contribution is 6.31. The van der Waals surface area contributed by atoms with Crippen molar-refractivity contribution in [3.05, 3.63) is 21.0 Å². The summed E-state index contributed by atoms with van der Waals surface area (Å²) < 4.78 is 0. The van der Waals surface area contributed by atoms with Crippen molar-refractivity contribution >= 4 is 17.4 Å². The van der Waals surface area contributed by atoms with E-state index in [1.807, 2.05) is 0 Å². The first-order valence-corrected chi connectivity index (χ1v) is 3.95. The van der Waals surface area contributed by atoms with Gasteiger partial charge in [0.1, 0.15) is 0 Å². The van der Waals surface area contributed by atoms with Gasteiger partial charge in [-0.1, -0.05) is 11.6 Å². The second-order valence-electron chi connectivity index (χ2n) is 2.70. The molecule has 0 aliphatic carbocycles. The molecule has 0 aromatic carbocycles. The Hall–Kier alpha value is -1.30. The maximum Gasteiger partial charge on any atom is 0.345 e. The van der Waals surface area contributed by atoms with Gasteiger partial charge in [0.05, 0.1) is 11.1 Å². The number of hydrogen-bond donors (Lipinski definition) is 2. The van der Waals surface area contributed by atoms with Crippen LogP contribution in [0.2, 0.25) is 0 Å². The maximum atomic E-state index is 10.5. The first-order chi connectivity index (χ1) is 5.95. The number of amidine groups is 1. The summed E-state index contributed by atoms with van der Waals surface area (Å²) in [6.07, 6.45) is -0.205. The molecule has 72 valence electrons. The lowest BCUT2D eigenvalue weighted by Crippen LogP contribution is -2.49. The normalized spacial score (nSPS) is 23.2. The molecule has 6 nitrogen and oxygen atoms in total. The zero-order chi connectivity index (χ0) is 10.2. The van der Waals surface area contributed by atoms with Crippen LogP contribution < -0.4 is 5.32 Å². The zero-order valence-electron chi connectivity index (χ0n) is 7.17. The number of hydrogen-bond acceptors (Lipinski definition) is 4. The molecule has 2 N–H and O–H groups in total. The summed E-state index contributed by atoms with van der Waals surface area (Å²) in [5.74, 6) is -0.179. The first kappa shape index (κ1) is 9.79. The summed E-state index contributed by atoms with van der Waals surface area (Å²) in [7, 11) is 1.59. The van der Waals surface area contributed by atoms with Gasteiger partial charge in [0.2, 0.25) is 5.84 Å². The number of nitrogens with zero attached hydrogens (tertiary/aromatic N) is 2. The van der Waals surface area contributed by atoms with Crippen LogP contribution in [0.15, 0.2) is 10.9 Å². The molecule has 0 bridgehead atoms. The number of rotatable bonds is 1. The Morgan fingerprint density at radius 2 is 2.31 bits per heavy atom. The van der Waals surface area contributed by atoms with E-state index in [1.54, 1.807) is 14.0 Å². The molecule has 1 aliphatic rings. The van der Waals surface area contributed by atoms with Gasteiger partial charge in [-0.05, 0) is 6.92 Å². The van der Waals surface area contributed by atoms with Crippen molar-refractivity contribution in [2.75, 3.05) is 7.05 Å². The van der Waals surface area contributed by atoms with Gasteiger partial charge in [0, 0.05) is 7.05 Å². The summed E-state index contributed by atoms with van der Waals surface area (Å²) in [5, 5.41) is 20.5. The van der Waals surface area contributed by atoms with Crippen molar-refractivity contribution in [2.45, 2.75) is 13.1 Å². The van der Waals surface area contributed by atoms with E-state index < -0.39 is 4.92 Å². The molecule has 0 saturated carbocycles. The largest absolute Gasteiger partial charge is 0.350 e. The molecule has 0 aromatic rings. The summed E-state index contributed by atoms with van der Waals surface area (Å²) in [4.78, 5) is 11.3. The molecule has 13 heavy (non-hydrogen) atoms. The minimum absolute atomic E-state index is 0.0828. The molecule has 0 spiro atoms. The van der Waals surface area contributed by atoms with E-state index in [4.69, 9.17) is 17.0 Å². The van der Waals surface area contributed by atoms with Crippen LogP contribution in [0.1, 0.15) is 6.92 Å². The highest BCUT2D eigenvalue weighted by atomic mass is 35.5. The predicted molar refractivity (Wildman–Crippen MR) is 48.0 cm³/mol. The van der Waals surface area contributed by atoms with Crippen LogP contribution in [0.25, 0.3) is 0 Å². The summed E-state index contributed by atoms with van der Waals surface area (Å²) in [6.45, 7) is 1.76. The van der Waals surface area contributed by atoms with Crippen LogP contribution in [0.5, 0.6) is 0 Å². The second-order valence-corrected chi connectivity index (χ2v) is 3.08. The Labute approximate surface area is 79.8 Å². The third-order valence-corrected chi connectivity index (χ3v) is 2.17. The fraction of sp³-hybridized carbons (Fsp3) is 0.500. The fourth-order valence-corrected chi connectivity index (χ4v) is 1.30. The molecule has 0 amide bonds. The van der Waals surface area contributed by atoms with Gasteiger partial charge in [-0.2, -0.15) is 0 Å². The van der Waals surface area contributed by atoms with Crippen molar-refractivity contribution in [1.29, 1.82) is 5.41 Å². The van der Waals surface area contributed by atoms with Crippen LogP contribution in [0, 0.1) is 15.5 Å². The van der Waals surface area contributed by atoms with E-state index in [-0.39, 0.29) is 22.9 Å². The lowest BCUT2D eigenvalue weighted by atomic mass is 10.3. The average Bonchev–Trinajstić information content (AvgIpc) is 1.99. The van der Waals surface area contributed by atoms with Crippen LogP contribution in [0.4, 0.5) is 0 Å². The number of halogens is 1. The molecule has 0 radical (unpaired) electrons. The van der Waals surface area contributed by atoms with E-state index >= 15 is 0 Å². The van der Waals surface area contributed by atoms with Gasteiger partial charge in [-0.3, -0.25) is 15.5 Å². The molecule has 7 heteroatoms. The van der Waals surface area contributed by atoms with Crippen molar-refractivity contribution in [3.63, 3.8) is 0 Å². The van der Waals surface area contributed by atoms with Crippen molar-refractivity contribution < 1.29 is 4.92 Å². The molecular formula is C6H9ClN4O2. The monoisotopic (exact) mass is 204 g/mol. The Kier molecular flexibility index (Phi) is 2.42. The molecule has 1 atom stereocenters. The highest BCUT2D eigenvalue weighted by Crippen LogP contribution is 2.17. The van der Waals surface area contributed by atoms with E-state index in [9.17, 15) is 10.1 Å². The third-order valence-electron chi connectivity index (χ3n) is 1.88. The standard InChI is InChI=1S/C6H9ClN4O2/c1-3-9-5(7)4(11(12)13)6(8)10(3)2/h3,8-9H,1-2H3. The van der Waals surface area contributed by atoms with Crippen molar-refractivity contribution in [3.8, 4) is 0 Å². The molecule has 0 aromatic heterocycles. The second kappa shape index (κ2) is 3.21. The highest BCUT2D eigenvalue weighted by Gasteiger charge is 2.33. The lowest BCUT2D eigenvalue weighted by molar-refractivity contribution is -0.417. The van der Waals surface area contributed by atoms with Gasteiger partial charge in [-0.25, -0.2) is 0 Å². The topological polar surface area (TPSA) is 82.3 Å². The van der Waals surface area contributed by atoms with Crippen LogP contribution in [-0.4, -0.2) is 28.9 Å². The van der Waals surface area contributed by atoms with Crippen LogP contribution in [-0.2, 0) is 0 Å². The van der Waals surface area contributed by atoms with E-state index in [0.29, 0.717) is 0 Å². The van der Waals surface area contributed by atoms with Gasteiger partial charge in [0.15, 0.2) is 5.16 Å². The fourth-order valence-electron chi connectivity index (χ4n) is 0.980. The Morgan fingerprint density at radius 1 is 1.77 bits per heavy atom. The summed E-state index contributed by atoms with van der Waals surface area (Å²) in [6, 6.07) is 0. The van der Waals surface area contributed by atoms with Crippen LogP contribution >= 0.6 is 11.6 Å². The Bertz CT molecular complexity index is 301. The molecule has 0 fully saturated rings. The maximum absolute atomic E-state index is 10.5.